The first kappa shape index (κ1) is 12.7. The molecule has 1 unspecified atom stereocenters. The Morgan fingerprint density at radius 3 is 2.43 bits per heavy atom. The van der Waals surface area contributed by atoms with Gasteiger partial charge in [-0.25, -0.2) is 4.79 Å². The zero-order chi connectivity index (χ0) is 11.1. The van der Waals surface area contributed by atoms with Crippen molar-refractivity contribution in [1.82, 2.24) is 4.90 Å². The fourth-order valence-electron chi connectivity index (χ4n) is 0.971. The van der Waals surface area contributed by atoms with Gasteiger partial charge in [0.2, 0.25) is 0 Å². The van der Waals surface area contributed by atoms with Gasteiger partial charge in [-0.1, -0.05) is 19.9 Å². The van der Waals surface area contributed by atoms with E-state index in [4.69, 9.17) is 4.74 Å². The molecule has 0 rings (SSSR count). The topological polar surface area (TPSA) is 46.6 Å². The summed E-state index contributed by atoms with van der Waals surface area (Å²) >= 11 is 0. The minimum Gasteiger partial charge on any atom is -0.449 e. The molecule has 0 aromatic heterocycles. The first-order valence-corrected chi connectivity index (χ1v) is 4.57. The highest BCUT2D eigenvalue weighted by atomic mass is 16.5. The highest BCUT2D eigenvalue weighted by Crippen LogP contribution is 2.05. The van der Waals surface area contributed by atoms with Crippen LogP contribution in [0.1, 0.15) is 19.8 Å². The minimum atomic E-state index is -0.680. The molecule has 0 aliphatic rings. The van der Waals surface area contributed by atoms with Crippen LogP contribution < -0.4 is 0 Å². The van der Waals surface area contributed by atoms with Crippen molar-refractivity contribution in [2.45, 2.75) is 25.9 Å². The van der Waals surface area contributed by atoms with Crippen LogP contribution in [0.2, 0.25) is 0 Å². The van der Waals surface area contributed by atoms with Gasteiger partial charge >= 0.3 is 5.97 Å². The summed E-state index contributed by atoms with van der Waals surface area (Å²) in [4.78, 5) is 23.8. The van der Waals surface area contributed by atoms with E-state index in [1.807, 2.05) is 6.92 Å². The quantitative estimate of drug-likeness (QED) is 0.489. The van der Waals surface area contributed by atoms with Gasteiger partial charge in [0, 0.05) is 20.2 Å². The van der Waals surface area contributed by atoms with Gasteiger partial charge in [-0.05, 0) is 6.42 Å². The third-order valence-corrected chi connectivity index (χ3v) is 1.69. The first-order valence-electron chi connectivity index (χ1n) is 4.57. The maximum absolute atomic E-state index is 11.5. The summed E-state index contributed by atoms with van der Waals surface area (Å²) in [7, 11) is 3.26. The molecule has 0 aliphatic heterocycles. The second kappa shape index (κ2) is 6.18. The van der Waals surface area contributed by atoms with Crippen LogP contribution in [0.25, 0.3) is 0 Å². The number of ether oxygens (including phenoxy) is 1. The third-order valence-electron chi connectivity index (χ3n) is 1.69. The number of carbonyl (C=O) groups excluding carboxylic acids is 2. The molecular weight excluding hydrogens is 182 g/mol. The van der Waals surface area contributed by atoms with Gasteiger partial charge in [-0.15, -0.1) is 0 Å². The molecule has 4 nitrogen and oxygen atoms in total. The van der Waals surface area contributed by atoms with Crippen LogP contribution in [0.4, 0.5) is 0 Å². The minimum absolute atomic E-state index is 0.193. The van der Waals surface area contributed by atoms with E-state index in [1.165, 1.54) is 4.90 Å². The molecular formula is C10H17NO3. The molecule has 0 aliphatic carbocycles. The normalized spacial score (nSPS) is 11.6. The molecule has 0 saturated carbocycles. The summed E-state index contributed by atoms with van der Waals surface area (Å²) in [6.45, 7) is 5.21. The van der Waals surface area contributed by atoms with Crippen molar-refractivity contribution < 1.29 is 14.3 Å². The van der Waals surface area contributed by atoms with E-state index in [-0.39, 0.29) is 5.91 Å². The lowest BCUT2D eigenvalue weighted by molar-refractivity contribution is -0.155. The lowest BCUT2D eigenvalue weighted by Gasteiger charge is -2.19. The molecule has 0 spiro atoms. The van der Waals surface area contributed by atoms with E-state index in [2.05, 4.69) is 6.58 Å². The molecule has 0 aromatic carbocycles. The van der Waals surface area contributed by atoms with Gasteiger partial charge < -0.3 is 9.64 Å². The molecule has 0 aromatic rings. The third kappa shape index (κ3) is 4.07. The molecule has 0 fully saturated rings. The van der Waals surface area contributed by atoms with E-state index in [1.54, 1.807) is 14.1 Å². The Hall–Kier alpha value is -1.32. The highest BCUT2D eigenvalue weighted by molar-refractivity contribution is 5.87. The number of esters is 1. The van der Waals surface area contributed by atoms with Crippen LogP contribution >= 0.6 is 0 Å². The standard InChI is InChI=1S/C10H17NO3/c1-5-7-8(10(13)11(3)4)14-9(12)6-2/h6,8H,2,5,7H2,1,3-4H3. The summed E-state index contributed by atoms with van der Waals surface area (Å²) in [5.41, 5.74) is 0. The number of likely N-dealkylation sites (N-methyl/N-ethyl adjacent to an activating group) is 1. The first-order chi connectivity index (χ1) is 6.52. The predicted octanol–water partition coefficient (Wildman–Crippen LogP) is 0.972. The fraction of sp³-hybridized carbons (Fsp3) is 0.600. The molecule has 0 N–H and O–H groups in total. The number of rotatable bonds is 5. The van der Waals surface area contributed by atoms with E-state index < -0.39 is 12.1 Å². The summed E-state index contributed by atoms with van der Waals surface area (Å²) in [5, 5.41) is 0. The van der Waals surface area contributed by atoms with Crippen molar-refractivity contribution in [2.24, 2.45) is 0 Å². The van der Waals surface area contributed by atoms with Crippen LogP contribution in [0.5, 0.6) is 0 Å². The summed E-state index contributed by atoms with van der Waals surface area (Å²) in [6, 6.07) is 0. The Bertz CT molecular complexity index is 223. The fourth-order valence-corrected chi connectivity index (χ4v) is 0.971. The van der Waals surface area contributed by atoms with Gasteiger partial charge in [0.1, 0.15) is 0 Å². The smallest absolute Gasteiger partial charge is 0.330 e. The van der Waals surface area contributed by atoms with E-state index >= 15 is 0 Å². The Labute approximate surface area is 84.5 Å². The lowest BCUT2D eigenvalue weighted by atomic mass is 10.2. The molecule has 80 valence electrons. The maximum atomic E-state index is 11.5. The van der Waals surface area contributed by atoms with Crippen molar-refractivity contribution in [3.63, 3.8) is 0 Å². The zero-order valence-corrected chi connectivity index (χ0v) is 8.95. The maximum Gasteiger partial charge on any atom is 0.330 e. The van der Waals surface area contributed by atoms with Crippen LogP contribution in [0.15, 0.2) is 12.7 Å². The van der Waals surface area contributed by atoms with Crippen molar-refractivity contribution >= 4 is 11.9 Å². The number of hydrogen-bond donors (Lipinski definition) is 0. The van der Waals surface area contributed by atoms with E-state index in [0.717, 1.165) is 12.5 Å². The Balaban J connectivity index is 4.35. The Kier molecular flexibility index (Phi) is 5.60. The van der Waals surface area contributed by atoms with Gasteiger partial charge in [-0.3, -0.25) is 4.79 Å². The van der Waals surface area contributed by atoms with Gasteiger partial charge in [0.25, 0.3) is 5.91 Å². The highest BCUT2D eigenvalue weighted by Gasteiger charge is 2.22. The molecule has 0 bridgehead atoms. The number of nitrogens with zero attached hydrogens (tertiary/aromatic N) is 1. The van der Waals surface area contributed by atoms with Gasteiger partial charge in [-0.2, -0.15) is 0 Å². The van der Waals surface area contributed by atoms with Crippen molar-refractivity contribution in [3.05, 3.63) is 12.7 Å². The van der Waals surface area contributed by atoms with Gasteiger partial charge in [0.05, 0.1) is 0 Å². The second-order valence-corrected chi connectivity index (χ2v) is 3.15. The van der Waals surface area contributed by atoms with Crippen LogP contribution in [0, 0.1) is 0 Å². The predicted molar refractivity (Wildman–Crippen MR) is 53.7 cm³/mol. The van der Waals surface area contributed by atoms with Crippen molar-refractivity contribution in [3.8, 4) is 0 Å². The zero-order valence-electron chi connectivity index (χ0n) is 8.95. The van der Waals surface area contributed by atoms with E-state index in [9.17, 15) is 9.59 Å². The average molecular weight is 199 g/mol. The van der Waals surface area contributed by atoms with Crippen LogP contribution in [0.3, 0.4) is 0 Å². The number of amides is 1. The second-order valence-electron chi connectivity index (χ2n) is 3.15. The van der Waals surface area contributed by atoms with Crippen molar-refractivity contribution in [1.29, 1.82) is 0 Å². The molecule has 14 heavy (non-hydrogen) atoms. The largest absolute Gasteiger partial charge is 0.449 e. The van der Waals surface area contributed by atoms with Crippen LogP contribution in [-0.2, 0) is 14.3 Å². The average Bonchev–Trinajstić information content (AvgIpc) is 2.15. The summed E-state index contributed by atoms with van der Waals surface area (Å²) in [5.74, 6) is -0.749. The van der Waals surface area contributed by atoms with E-state index in [0.29, 0.717) is 6.42 Å². The Morgan fingerprint density at radius 1 is 1.50 bits per heavy atom. The molecule has 1 atom stereocenters. The number of hydrogen-bond acceptors (Lipinski definition) is 3. The van der Waals surface area contributed by atoms with Crippen molar-refractivity contribution in [2.75, 3.05) is 14.1 Å². The summed E-state index contributed by atoms with van der Waals surface area (Å²) in [6.07, 6.45) is 1.71. The molecule has 0 saturated heterocycles. The Morgan fingerprint density at radius 2 is 2.07 bits per heavy atom. The lowest BCUT2D eigenvalue weighted by Crippen LogP contribution is -2.36. The van der Waals surface area contributed by atoms with Gasteiger partial charge in [0.15, 0.2) is 6.10 Å². The SMILES string of the molecule is C=CC(=O)OC(CCC)C(=O)N(C)C. The molecule has 4 heteroatoms. The molecule has 0 radical (unpaired) electrons. The monoisotopic (exact) mass is 199 g/mol. The molecule has 1 amide bonds. The van der Waals surface area contributed by atoms with Crippen LogP contribution in [-0.4, -0.2) is 37.0 Å². The number of carbonyl (C=O) groups is 2. The summed E-state index contributed by atoms with van der Waals surface area (Å²) < 4.78 is 4.91. The molecule has 0 heterocycles.